The zero-order valence-electron chi connectivity index (χ0n) is 20.1. The van der Waals surface area contributed by atoms with Gasteiger partial charge in [0.15, 0.2) is 0 Å². The molecule has 33 heavy (non-hydrogen) atoms. The molecule has 0 aromatic heterocycles. The number of hydrogen-bond donors (Lipinski definition) is 2. The van der Waals surface area contributed by atoms with Crippen LogP contribution in [0.25, 0.3) is 11.1 Å². The van der Waals surface area contributed by atoms with Gasteiger partial charge in [0.05, 0.1) is 0 Å². The fraction of sp³-hybridized carbons (Fsp3) is 0.310. The van der Waals surface area contributed by atoms with E-state index in [9.17, 15) is 10.2 Å². The molecule has 0 saturated heterocycles. The van der Waals surface area contributed by atoms with Crippen LogP contribution in [0.4, 0.5) is 0 Å². The second-order valence-corrected chi connectivity index (χ2v) is 8.64. The maximum absolute atomic E-state index is 9.83. The molecule has 0 spiro atoms. The molecule has 0 fully saturated rings. The molecule has 1 atom stereocenters. The molecule has 0 amide bonds. The highest BCUT2D eigenvalue weighted by molar-refractivity contribution is 5.98. The Bertz CT molecular complexity index is 1040. The molecular weight excluding hydrogens is 410 g/mol. The van der Waals surface area contributed by atoms with Crippen LogP contribution in [0.1, 0.15) is 48.4 Å². The molecule has 3 aromatic rings. The number of ether oxygens (including phenoxy) is 1. The van der Waals surface area contributed by atoms with Gasteiger partial charge in [-0.25, -0.2) is 0 Å². The van der Waals surface area contributed by atoms with Crippen molar-refractivity contribution in [1.29, 1.82) is 0 Å². The average molecular weight is 446 g/mol. The van der Waals surface area contributed by atoms with Crippen molar-refractivity contribution in [3.63, 3.8) is 0 Å². The van der Waals surface area contributed by atoms with Gasteiger partial charge in [0.25, 0.3) is 0 Å². The van der Waals surface area contributed by atoms with Gasteiger partial charge in [-0.15, -0.1) is 0 Å². The van der Waals surface area contributed by atoms with E-state index in [0.29, 0.717) is 6.61 Å². The number of aliphatic hydroxyl groups is 1. The first kappa shape index (κ1) is 24.6. The van der Waals surface area contributed by atoms with Crippen LogP contribution in [0.2, 0.25) is 0 Å². The van der Waals surface area contributed by atoms with Gasteiger partial charge in [-0.3, -0.25) is 0 Å². The van der Waals surface area contributed by atoms with Gasteiger partial charge in [-0.05, 0) is 78.2 Å². The maximum Gasteiger partial charge on any atom is 0.119 e. The summed E-state index contributed by atoms with van der Waals surface area (Å²) in [6.07, 6.45) is 0.853. The van der Waals surface area contributed by atoms with Crippen molar-refractivity contribution < 1.29 is 14.9 Å². The number of benzene rings is 3. The molecule has 0 aliphatic heterocycles. The summed E-state index contributed by atoms with van der Waals surface area (Å²) in [5.74, 6) is 1.22. The van der Waals surface area contributed by atoms with Gasteiger partial charge in [-0.1, -0.05) is 62.4 Å². The third kappa shape index (κ3) is 6.47. The number of hydrogen-bond acceptors (Lipinski definition) is 4. The van der Waals surface area contributed by atoms with Crippen molar-refractivity contribution in [3.05, 3.63) is 95.1 Å². The molecule has 0 heterocycles. The number of nitrogens with zero attached hydrogens (tertiary/aromatic N) is 1. The maximum atomic E-state index is 9.83. The summed E-state index contributed by atoms with van der Waals surface area (Å²) in [4.78, 5) is 2.10. The molecule has 0 saturated carbocycles. The van der Waals surface area contributed by atoms with Crippen LogP contribution < -0.4 is 4.74 Å². The van der Waals surface area contributed by atoms with Crippen LogP contribution in [0.3, 0.4) is 0 Å². The minimum absolute atomic E-state index is 0.115. The number of likely N-dealkylation sites (N-methyl/N-ethyl adjacent to an activating group) is 1. The quantitative estimate of drug-likeness (QED) is 0.388. The number of aliphatic hydroxyl groups excluding tert-OH is 1. The van der Waals surface area contributed by atoms with Crippen molar-refractivity contribution >= 4 is 11.1 Å². The van der Waals surface area contributed by atoms with E-state index in [1.807, 2.05) is 45.3 Å². The highest BCUT2D eigenvalue weighted by Crippen LogP contribution is 2.36. The van der Waals surface area contributed by atoms with Crippen LogP contribution in [-0.4, -0.2) is 49.0 Å². The van der Waals surface area contributed by atoms with Gasteiger partial charge < -0.3 is 19.8 Å². The minimum atomic E-state index is 0.115. The average Bonchev–Trinajstić information content (AvgIpc) is 2.83. The third-order valence-corrected chi connectivity index (χ3v) is 5.86. The Balaban J connectivity index is 2.03. The molecule has 0 aliphatic carbocycles. The number of rotatable bonds is 10. The molecule has 0 bridgehead atoms. The Kier molecular flexibility index (Phi) is 8.70. The van der Waals surface area contributed by atoms with Gasteiger partial charge in [0.1, 0.15) is 18.1 Å². The molecule has 4 nitrogen and oxygen atoms in total. The van der Waals surface area contributed by atoms with E-state index in [1.165, 1.54) is 5.57 Å². The summed E-state index contributed by atoms with van der Waals surface area (Å²) >= 11 is 0. The van der Waals surface area contributed by atoms with E-state index in [1.54, 1.807) is 12.1 Å². The lowest BCUT2D eigenvalue weighted by Crippen LogP contribution is -2.19. The Labute approximate surface area is 197 Å². The second-order valence-electron chi connectivity index (χ2n) is 8.64. The summed E-state index contributed by atoms with van der Waals surface area (Å²) < 4.78 is 5.88. The van der Waals surface area contributed by atoms with Gasteiger partial charge in [-0.2, -0.15) is 0 Å². The first-order valence-electron chi connectivity index (χ1n) is 11.5. The van der Waals surface area contributed by atoms with Crippen LogP contribution in [0, 0.1) is 0 Å². The van der Waals surface area contributed by atoms with Crippen molar-refractivity contribution in [1.82, 2.24) is 4.90 Å². The molecule has 0 radical (unpaired) electrons. The van der Waals surface area contributed by atoms with E-state index in [4.69, 9.17) is 4.74 Å². The minimum Gasteiger partial charge on any atom is -0.508 e. The zero-order chi connectivity index (χ0) is 23.8. The predicted molar refractivity (Wildman–Crippen MR) is 137 cm³/mol. The third-order valence-electron chi connectivity index (χ3n) is 5.86. The van der Waals surface area contributed by atoms with Crippen LogP contribution >= 0.6 is 0 Å². The Morgan fingerprint density at radius 3 is 1.91 bits per heavy atom. The lowest BCUT2D eigenvalue weighted by molar-refractivity contribution is 0.261. The van der Waals surface area contributed by atoms with E-state index >= 15 is 0 Å². The molecule has 174 valence electrons. The van der Waals surface area contributed by atoms with Crippen molar-refractivity contribution in [3.8, 4) is 11.5 Å². The topological polar surface area (TPSA) is 52.9 Å². The first-order chi connectivity index (χ1) is 15.9. The lowest BCUT2D eigenvalue weighted by atomic mass is 9.87. The van der Waals surface area contributed by atoms with E-state index in [2.05, 4.69) is 48.2 Å². The summed E-state index contributed by atoms with van der Waals surface area (Å²) in [5, 5.41) is 19.3. The highest BCUT2D eigenvalue weighted by Gasteiger charge is 2.14. The van der Waals surface area contributed by atoms with Crippen LogP contribution in [0.5, 0.6) is 11.5 Å². The lowest BCUT2D eigenvalue weighted by Gasteiger charge is -2.18. The molecule has 2 N–H and O–H groups in total. The molecule has 4 heteroatoms. The molecule has 3 rings (SSSR count). The molecule has 3 aromatic carbocycles. The van der Waals surface area contributed by atoms with Gasteiger partial charge >= 0.3 is 0 Å². The normalized spacial score (nSPS) is 13.0. The highest BCUT2D eigenvalue weighted by atomic mass is 16.5. The number of phenolic OH excluding ortho intramolecular Hbond substituents is 1. The molecule has 0 aliphatic rings. The van der Waals surface area contributed by atoms with Crippen molar-refractivity contribution in [2.75, 3.05) is 33.9 Å². The molecule has 1 unspecified atom stereocenters. The Morgan fingerprint density at radius 2 is 1.39 bits per heavy atom. The van der Waals surface area contributed by atoms with Gasteiger partial charge in [0, 0.05) is 19.1 Å². The predicted octanol–water partition coefficient (Wildman–Crippen LogP) is 5.80. The van der Waals surface area contributed by atoms with E-state index < -0.39 is 0 Å². The van der Waals surface area contributed by atoms with Crippen LogP contribution in [-0.2, 0) is 0 Å². The summed E-state index contributed by atoms with van der Waals surface area (Å²) in [6, 6.07) is 24.1. The van der Waals surface area contributed by atoms with E-state index in [-0.39, 0.29) is 18.3 Å². The number of phenols is 1. The first-order valence-corrected chi connectivity index (χ1v) is 11.5. The fourth-order valence-electron chi connectivity index (χ4n) is 3.85. The standard InChI is InChI=1S/C29H35NO3/c1-5-28(23-8-6-22(7-9-23)21(2)20-31)29(24-10-14-26(32)15-11-24)25-12-16-27(17-13-25)33-19-18-30(3)4/h6-17,21,31-32H,5,18-20H2,1-4H3/b29-28-. The van der Waals surface area contributed by atoms with E-state index in [0.717, 1.165) is 46.5 Å². The SMILES string of the molecule is CC/C(=C(\c1ccc(O)cc1)c1ccc(OCCN(C)C)cc1)c1ccc(C(C)CO)cc1. The Morgan fingerprint density at radius 1 is 0.848 bits per heavy atom. The van der Waals surface area contributed by atoms with Crippen molar-refractivity contribution in [2.24, 2.45) is 0 Å². The summed E-state index contributed by atoms with van der Waals surface area (Å²) in [6.45, 7) is 5.84. The van der Waals surface area contributed by atoms with Crippen LogP contribution in [0.15, 0.2) is 72.8 Å². The summed E-state index contributed by atoms with van der Waals surface area (Å²) in [5.41, 5.74) is 6.80. The fourth-order valence-corrected chi connectivity index (χ4v) is 3.85. The summed E-state index contributed by atoms with van der Waals surface area (Å²) in [7, 11) is 4.06. The number of aromatic hydroxyl groups is 1. The zero-order valence-corrected chi connectivity index (χ0v) is 20.1. The van der Waals surface area contributed by atoms with Crippen molar-refractivity contribution in [2.45, 2.75) is 26.2 Å². The monoisotopic (exact) mass is 445 g/mol. The molecular formula is C29H35NO3. The second kappa shape index (κ2) is 11.7. The Hall–Kier alpha value is -3.08. The number of allylic oxidation sites excluding steroid dienone is 1. The largest absolute Gasteiger partial charge is 0.508 e. The smallest absolute Gasteiger partial charge is 0.119 e. The van der Waals surface area contributed by atoms with Gasteiger partial charge in [0.2, 0.25) is 0 Å².